The first kappa shape index (κ1) is 12.6. The first-order chi connectivity index (χ1) is 8.10. The maximum Gasteiger partial charge on any atom is 0.209 e. The molecule has 2 aromatic rings. The van der Waals surface area contributed by atoms with Crippen molar-refractivity contribution >= 4 is 35.0 Å². The number of aryl methyl sites for hydroxylation is 1. The minimum absolute atomic E-state index is 0.572. The summed E-state index contributed by atoms with van der Waals surface area (Å²) in [5.74, 6) is 0. The maximum absolute atomic E-state index is 5.95. The fraction of sp³-hybridized carbons (Fsp3) is 0.182. The van der Waals surface area contributed by atoms with Gasteiger partial charge in [-0.1, -0.05) is 35.0 Å². The van der Waals surface area contributed by atoms with Crippen molar-refractivity contribution in [3.63, 3.8) is 0 Å². The summed E-state index contributed by atoms with van der Waals surface area (Å²) in [6.45, 7) is 1.89. The first-order valence-corrected chi connectivity index (χ1v) is 6.80. The summed E-state index contributed by atoms with van der Waals surface area (Å²) in [5.41, 5.74) is 2.34. The van der Waals surface area contributed by atoms with Crippen molar-refractivity contribution in [1.29, 1.82) is 0 Å². The lowest BCUT2D eigenvalue weighted by molar-refractivity contribution is 0.825. The molecule has 0 radical (unpaired) electrons. The highest BCUT2D eigenvalue weighted by Crippen LogP contribution is 2.27. The fourth-order valence-electron chi connectivity index (χ4n) is 1.43. The number of hydrogen-bond acceptors (Lipinski definition) is 4. The molecule has 88 valence electrons. The number of hydrogen-bond donors (Lipinski definition) is 0. The van der Waals surface area contributed by atoms with Crippen LogP contribution in [0.3, 0.4) is 0 Å². The molecule has 0 saturated heterocycles. The van der Waals surface area contributed by atoms with Crippen LogP contribution >= 0.6 is 35.0 Å². The van der Waals surface area contributed by atoms with Gasteiger partial charge in [-0.15, -0.1) is 10.2 Å². The summed E-state index contributed by atoms with van der Waals surface area (Å²) in [7, 11) is 0. The second-order valence-corrected chi connectivity index (χ2v) is 5.04. The highest BCUT2D eigenvalue weighted by atomic mass is 35.5. The summed E-state index contributed by atoms with van der Waals surface area (Å²) >= 11 is 13.4. The molecule has 6 heteroatoms. The molecule has 2 rings (SSSR count). The average molecular weight is 286 g/mol. The minimum Gasteiger partial charge on any atom is -0.224 e. The summed E-state index contributed by atoms with van der Waals surface area (Å²) in [4.78, 5) is 4.33. The highest BCUT2D eigenvalue weighted by Gasteiger charge is 2.09. The van der Waals surface area contributed by atoms with Crippen LogP contribution in [-0.4, -0.2) is 21.4 Å². The number of nitrogens with zero attached hydrogens (tertiary/aromatic N) is 3. The molecule has 0 aliphatic rings. The number of rotatable bonds is 2. The van der Waals surface area contributed by atoms with Gasteiger partial charge in [-0.2, -0.15) is 0 Å². The Morgan fingerprint density at radius 2 is 1.71 bits per heavy atom. The van der Waals surface area contributed by atoms with Crippen molar-refractivity contribution < 1.29 is 0 Å². The normalized spacial score (nSPS) is 10.6. The zero-order valence-electron chi connectivity index (χ0n) is 9.24. The molecule has 0 spiro atoms. The Kier molecular flexibility index (Phi) is 3.86. The molecule has 1 heterocycles. The lowest BCUT2D eigenvalue weighted by atomic mass is 10.1. The molecule has 0 atom stereocenters. The van der Waals surface area contributed by atoms with E-state index < -0.39 is 0 Å². The molecule has 0 N–H and O–H groups in total. The molecule has 17 heavy (non-hydrogen) atoms. The lowest BCUT2D eigenvalue weighted by Gasteiger charge is -2.05. The van der Waals surface area contributed by atoms with Crippen molar-refractivity contribution in [2.45, 2.75) is 12.1 Å². The van der Waals surface area contributed by atoms with Crippen molar-refractivity contribution in [2.24, 2.45) is 0 Å². The van der Waals surface area contributed by atoms with Gasteiger partial charge in [0.15, 0.2) is 0 Å². The van der Waals surface area contributed by atoms with E-state index in [0.717, 1.165) is 11.3 Å². The van der Waals surface area contributed by atoms with Crippen LogP contribution in [0.1, 0.15) is 5.69 Å². The second-order valence-electron chi connectivity index (χ2n) is 3.39. The number of halogens is 2. The van der Waals surface area contributed by atoms with Gasteiger partial charge in [-0.3, -0.25) is 0 Å². The summed E-state index contributed by atoms with van der Waals surface area (Å²) in [6.07, 6.45) is 1.91. The third kappa shape index (κ3) is 2.89. The molecule has 0 fully saturated rings. The molecule has 0 amide bonds. The van der Waals surface area contributed by atoms with Crippen LogP contribution in [0.4, 0.5) is 0 Å². The standard InChI is InChI=1S/C11H9Cl2N3S/c1-6-10(15-16-11(14-6)17-2)7-3-8(12)5-9(13)4-7/h3-5H,1-2H3. The maximum atomic E-state index is 5.95. The van der Waals surface area contributed by atoms with Crippen LogP contribution in [0.15, 0.2) is 23.4 Å². The van der Waals surface area contributed by atoms with Crippen LogP contribution in [0, 0.1) is 6.92 Å². The molecule has 0 unspecified atom stereocenters. The van der Waals surface area contributed by atoms with Gasteiger partial charge in [0.05, 0.1) is 5.69 Å². The summed E-state index contributed by atoms with van der Waals surface area (Å²) in [6, 6.07) is 5.27. The van der Waals surface area contributed by atoms with Crippen molar-refractivity contribution in [3.8, 4) is 11.3 Å². The number of benzene rings is 1. The third-order valence-corrected chi connectivity index (χ3v) is 3.13. The van der Waals surface area contributed by atoms with Crippen LogP contribution in [0.25, 0.3) is 11.3 Å². The van der Waals surface area contributed by atoms with Gasteiger partial charge >= 0.3 is 0 Å². The Morgan fingerprint density at radius 1 is 1.06 bits per heavy atom. The van der Waals surface area contributed by atoms with E-state index in [4.69, 9.17) is 23.2 Å². The van der Waals surface area contributed by atoms with E-state index in [1.807, 2.05) is 13.2 Å². The van der Waals surface area contributed by atoms with Gasteiger partial charge < -0.3 is 0 Å². The molecule has 0 aliphatic carbocycles. The Balaban J connectivity index is 2.52. The van der Waals surface area contributed by atoms with E-state index in [-0.39, 0.29) is 0 Å². The number of aromatic nitrogens is 3. The summed E-state index contributed by atoms with van der Waals surface area (Å²) in [5, 5.41) is 9.96. The van der Waals surface area contributed by atoms with Crippen LogP contribution in [0.5, 0.6) is 0 Å². The molecule has 0 saturated carbocycles. The Morgan fingerprint density at radius 3 is 2.24 bits per heavy atom. The van der Waals surface area contributed by atoms with Crippen molar-refractivity contribution in [2.75, 3.05) is 6.26 Å². The van der Waals surface area contributed by atoms with Gasteiger partial charge in [0.2, 0.25) is 5.16 Å². The van der Waals surface area contributed by atoms with Crippen molar-refractivity contribution in [3.05, 3.63) is 33.9 Å². The highest BCUT2D eigenvalue weighted by molar-refractivity contribution is 7.98. The van der Waals surface area contributed by atoms with E-state index in [1.165, 1.54) is 11.8 Å². The summed E-state index contributed by atoms with van der Waals surface area (Å²) < 4.78 is 0. The Hall–Kier alpha value is -0.840. The zero-order valence-corrected chi connectivity index (χ0v) is 11.6. The van der Waals surface area contributed by atoms with E-state index in [2.05, 4.69) is 15.2 Å². The number of thioether (sulfide) groups is 1. The van der Waals surface area contributed by atoms with Gasteiger partial charge in [-0.05, 0) is 31.4 Å². The second kappa shape index (κ2) is 5.21. The molecule has 0 bridgehead atoms. The average Bonchev–Trinajstić information content (AvgIpc) is 2.27. The Labute approximate surface area is 114 Å². The lowest BCUT2D eigenvalue weighted by Crippen LogP contribution is -1.98. The van der Waals surface area contributed by atoms with Gasteiger partial charge in [0.25, 0.3) is 0 Å². The SMILES string of the molecule is CSc1nnc(-c2cc(Cl)cc(Cl)c2)c(C)n1. The van der Waals surface area contributed by atoms with Crippen LogP contribution < -0.4 is 0 Å². The molecular formula is C11H9Cl2N3S. The van der Waals surface area contributed by atoms with Gasteiger partial charge in [-0.25, -0.2) is 4.98 Å². The third-order valence-electron chi connectivity index (χ3n) is 2.16. The quantitative estimate of drug-likeness (QED) is 0.785. The van der Waals surface area contributed by atoms with E-state index >= 15 is 0 Å². The van der Waals surface area contributed by atoms with Gasteiger partial charge in [0, 0.05) is 15.6 Å². The van der Waals surface area contributed by atoms with Crippen molar-refractivity contribution in [1.82, 2.24) is 15.2 Å². The molecule has 1 aromatic carbocycles. The van der Waals surface area contributed by atoms with Crippen LogP contribution in [0.2, 0.25) is 10.0 Å². The predicted molar refractivity (Wildman–Crippen MR) is 71.8 cm³/mol. The monoisotopic (exact) mass is 285 g/mol. The van der Waals surface area contributed by atoms with E-state index in [1.54, 1.807) is 18.2 Å². The topological polar surface area (TPSA) is 38.7 Å². The molecule has 3 nitrogen and oxygen atoms in total. The van der Waals surface area contributed by atoms with E-state index in [0.29, 0.717) is 20.9 Å². The first-order valence-electron chi connectivity index (χ1n) is 4.82. The smallest absolute Gasteiger partial charge is 0.209 e. The fourth-order valence-corrected chi connectivity index (χ4v) is 2.30. The zero-order chi connectivity index (χ0) is 12.4. The molecule has 1 aromatic heterocycles. The largest absolute Gasteiger partial charge is 0.224 e. The minimum atomic E-state index is 0.572. The predicted octanol–water partition coefficient (Wildman–Crippen LogP) is 3.88. The van der Waals surface area contributed by atoms with E-state index in [9.17, 15) is 0 Å². The Bertz CT molecular complexity index is 540. The van der Waals surface area contributed by atoms with Gasteiger partial charge in [0.1, 0.15) is 5.69 Å². The molecule has 0 aliphatic heterocycles. The molecular weight excluding hydrogens is 277 g/mol. The van der Waals surface area contributed by atoms with Crippen LogP contribution in [-0.2, 0) is 0 Å².